The molecule has 1 aromatic heterocycles. The molecule has 3 aromatic carbocycles. The number of halogens is 2. The van der Waals surface area contributed by atoms with Crippen LogP contribution in [0.2, 0.25) is 10.0 Å². The molecule has 2 fully saturated rings. The SMILES string of the molecule is COc1cc(OC)c(Cl)c(NC(=O)N(C)c2cc(Nc3ccc(N4CCN(CC(=O)NCCNc5cccc6c5C(=O)N(C5CCC(=O)NC5=O)C6=O)CC4)cc3)ncn2)c1Cl. The number of urea groups is 1. The number of amides is 7. The van der Waals surface area contributed by atoms with Gasteiger partial charge in [0.2, 0.25) is 17.7 Å². The molecule has 0 aliphatic carbocycles. The fourth-order valence-electron chi connectivity index (χ4n) is 7.28. The maximum absolute atomic E-state index is 13.3. The standard InChI is InChI=1S/C41H43Cl2N11O8/c1-51(41(60)50-37-35(42)28(61-2)19-29(62-3)36(37)43)31-20-30(46-22-47-31)48-23-7-9-24(10-8-23)53-17-15-52(16-18-53)21-33(56)45-14-13-44-26-6-4-5-25-34(26)40(59)54(39(25)58)27-11-12-32(55)49-38(27)57/h4-10,19-20,22,27,44H,11-18,21H2,1-3H3,(H,45,56)(H,50,60)(H,46,47,48)(H,49,55,57). The molecule has 3 aliphatic rings. The molecule has 324 valence electrons. The summed E-state index contributed by atoms with van der Waals surface area (Å²) in [4.78, 5) is 91.6. The molecule has 1 atom stereocenters. The van der Waals surface area contributed by atoms with Gasteiger partial charge in [0, 0.05) is 81.9 Å². The van der Waals surface area contributed by atoms with Gasteiger partial charge in [-0.1, -0.05) is 29.3 Å². The van der Waals surface area contributed by atoms with Gasteiger partial charge >= 0.3 is 6.03 Å². The maximum Gasteiger partial charge on any atom is 0.327 e. The van der Waals surface area contributed by atoms with E-state index in [0.29, 0.717) is 50.0 Å². The summed E-state index contributed by atoms with van der Waals surface area (Å²) >= 11 is 12.9. The topological polar surface area (TPSA) is 220 Å². The van der Waals surface area contributed by atoms with Crippen molar-refractivity contribution in [3.05, 3.63) is 82.1 Å². The van der Waals surface area contributed by atoms with Crippen molar-refractivity contribution in [1.29, 1.82) is 0 Å². The van der Waals surface area contributed by atoms with Crippen LogP contribution in [-0.4, -0.2) is 128 Å². The minimum absolute atomic E-state index is 0.0368. The molecule has 1 unspecified atom stereocenters. The van der Waals surface area contributed by atoms with Gasteiger partial charge in [0.1, 0.15) is 45.5 Å². The summed E-state index contributed by atoms with van der Waals surface area (Å²) in [6, 6.07) is 14.2. The first-order valence-corrected chi connectivity index (χ1v) is 20.3. The third-order valence-electron chi connectivity index (χ3n) is 10.6. The maximum atomic E-state index is 13.3. The monoisotopic (exact) mass is 887 g/mol. The minimum atomic E-state index is -1.05. The number of piperidine rings is 1. The van der Waals surface area contributed by atoms with Crippen LogP contribution in [0, 0.1) is 0 Å². The van der Waals surface area contributed by atoms with E-state index >= 15 is 0 Å². The van der Waals surface area contributed by atoms with E-state index in [1.54, 1.807) is 18.2 Å². The smallest absolute Gasteiger partial charge is 0.327 e. The summed E-state index contributed by atoms with van der Waals surface area (Å²) < 4.78 is 10.6. The summed E-state index contributed by atoms with van der Waals surface area (Å²) in [6.07, 6.45) is 1.45. The Kier molecular flexibility index (Phi) is 13.2. The Morgan fingerprint density at radius 2 is 1.61 bits per heavy atom. The lowest BCUT2D eigenvalue weighted by atomic mass is 10.0. The molecule has 4 heterocycles. The quantitative estimate of drug-likeness (QED) is 0.0895. The number of benzene rings is 3. The van der Waals surface area contributed by atoms with Gasteiger partial charge in [0.05, 0.1) is 37.6 Å². The first kappa shape index (κ1) is 43.4. The number of carbonyl (C=O) groups is 6. The number of hydrogen-bond donors (Lipinski definition) is 5. The predicted octanol–water partition coefficient (Wildman–Crippen LogP) is 3.96. The highest BCUT2D eigenvalue weighted by atomic mass is 35.5. The van der Waals surface area contributed by atoms with Gasteiger partial charge in [-0.15, -0.1) is 0 Å². The van der Waals surface area contributed by atoms with E-state index in [9.17, 15) is 28.8 Å². The van der Waals surface area contributed by atoms with Crippen LogP contribution in [0.5, 0.6) is 11.5 Å². The lowest BCUT2D eigenvalue weighted by Gasteiger charge is -2.35. The molecule has 0 bridgehead atoms. The zero-order chi connectivity index (χ0) is 44.1. The molecule has 5 N–H and O–H groups in total. The average molecular weight is 889 g/mol. The van der Waals surface area contributed by atoms with Crippen molar-refractivity contribution in [2.75, 3.05) is 92.8 Å². The molecule has 7 amide bonds. The third kappa shape index (κ3) is 9.29. The number of carbonyl (C=O) groups excluding carboxylic acids is 6. The van der Waals surface area contributed by atoms with Crippen LogP contribution < -0.4 is 45.9 Å². The number of anilines is 6. The molecule has 0 radical (unpaired) electrons. The second kappa shape index (κ2) is 18.9. The van der Waals surface area contributed by atoms with Crippen molar-refractivity contribution in [3.8, 4) is 11.5 Å². The molecular weight excluding hydrogens is 845 g/mol. The van der Waals surface area contributed by atoms with Crippen LogP contribution in [0.15, 0.2) is 60.9 Å². The Labute approximate surface area is 366 Å². The lowest BCUT2D eigenvalue weighted by molar-refractivity contribution is -0.136. The van der Waals surface area contributed by atoms with Crippen LogP contribution in [0.3, 0.4) is 0 Å². The first-order chi connectivity index (χ1) is 29.9. The highest BCUT2D eigenvalue weighted by molar-refractivity contribution is 6.41. The summed E-state index contributed by atoms with van der Waals surface area (Å²) in [5.74, 6) is -1.13. The molecular formula is C41H43Cl2N11O8. The fourth-order valence-corrected chi connectivity index (χ4v) is 7.87. The molecule has 62 heavy (non-hydrogen) atoms. The van der Waals surface area contributed by atoms with Crippen LogP contribution in [0.25, 0.3) is 0 Å². The highest BCUT2D eigenvalue weighted by Gasteiger charge is 2.45. The van der Waals surface area contributed by atoms with Crippen molar-refractivity contribution >= 4 is 93.2 Å². The van der Waals surface area contributed by atoms with Gasteiger partial charge in [-0.3, -0.25) is 44.0 Å². The molecule has 21 heteroatoms. The zero-order valence-corrected chi connectivity index (χ0v) is 35.4. The summed E-state index contributed by atoms with van der Waals surface area (Å²) in [5.41, 5.74) is 2.67. The number of imide groups is 2. The Hall–Kier alpha value is -6.70. The number of piperazine rings is 1. The second-order valence-electron chi connectivity index (χ2n) is 14.4. The van der Waals surface area contributed by atoms with Gasteiger partial charge in [0.25, 0.3) is 11.8 Å². The molecule has 0 saturated carbocycles. The molecule has 2 saturated heterocycles. The zero-order valence-electron chi connectivity index (χ0n) is 33.9. The van der Waals surface area contributed by atoms with Gasteiger partial charge in [-0.05, 0) is 42.8 Å². The van der Waals surface area contributed by atoms with Crippen molar-refractivity contribution in [3.63, 3.8) is 0 Å². The summed E-state index contributed by atoms with van der Waals surface area (Å²) in [6.45, 7) is 3.57. The normalized spacial score (nSPS) is 16.4. The molecule has 7 rings (SSSR count). The van der Waals surface area contributed by atoms with Crippen molar-refractivity contribution in [1.82, 2.24) is 30.4 Å². The van der Waals surface area contributed by atoms with Crippen LogP contribution in [0.1, 0.15) is 33.6 Å². The third-order valence-corrected chi connectivity index (χ3v) is 11.3. The fraction of sp³-hybridized carbons (Fsp3) is 0.317. The largest absolute Gasteiger partial charge is 0.495 e. The summed E-state index contributed by atoms with van der Waals surface area (Å²) in [5, 5.41) is 14.4. The second-order valence-corrected chi connectivity index (χ2v) is 15.2. The van der Waals surface area contributed by atoms with E-state index in [0.717, 1.165) is 16.3 Å². The minimum Gasteiger partial charge on any atom is -0.495 e. The van der Waals surface area contributed by atoms with Crippen LogP contribution in [-0.2, 0) is 14.4 Å². The number of fused-ring (bicyclic) bond motifs is 1. The van der Waals surface area contributed by atoms with E-state index in [2.05, 4.69) is 46.4 Å². The average Bonchev–Trinajstić information content (AvgIpc) is 3.53. The van der Waals surface area contributed by atoms with E-state index in [1.807, 2.05) is 24.3 Å². The van der Waals surface area contributed by atoms with E-state index in [1.165, 1.54) is 44.6 Å². The Morgan fingerprint density at radius 1 is 0.903 bits per heavy atom. The number of hydrogen-bond acceptors (Lipinski definition) is 14. The van der Waals surface area contributed by atoms with Gasteiger partial charge in [-0.2, -0.15) is 0 Å². The first-order valence-electron chi connectivity index (χ1n) is 19.5. The van der Waals surface area contributed by atoms with Crippen LogP contribution >= 0.6 is 23.2 Å². The summed E-state index contributed by atoms with van der Waals surface area (Å²) in [7, 11) is 4.41. The number of aromatic nitrogens is 2. The Morgan fingerprint density at radius 3 is 2.29 bits per heavy atom. The number of methoxy groups -OCH3 is 2. The number of rotatable bonds is 14. The molecule has 3 aliphatic heterocycles. The molecule has 19 nitrogen and oxygen atoms in total. The van der Waals surface area contributed by atoms with Gasteiger partial charge in [0.15, 0.2) is 0 Å². The number of nitrogens with one attached hydrogen (secondary N) is 5. The van der Waals surface area contributed by atoms with Crippen molar-refractivity contribution in [2.45, 2.75) is 18.9 Å². The van der Waals surface area contributed by atoms with E-state index in [-0.39, 0.29) is 70.2 Å². The van der Waals surface area contributed by atoms with E-state index < -0.39 is 35.7 Å². The van der Waals surface area contributed by atoms with Crippen molar-refractivity contribution in [2.24, 2.45) is 0 Å². The van der Waals surface area contributed by atoms with E-state index in [4.69, 9.17) is 32.7 Å². The molecule has 0 spiro atoms. The Bertz CT molecular complexity index is 2380. The number of ether oxygens (including phenoxy) is 2. The number of nitrogens with zero attached hydrogens (tertiary/aromatic N) is 6. The van der Waals surface area contributed by atoms with Crippen LogP contribution in [0.4, 0.5) is 39.2 Å². The highest BCUT2D eigenvalue weighted by Crippen LogP contribution is 2.44. The van der Waals surface area contributed by atoms with Gasteiger partial charge < -0.3 is 35.6 Å². The predicted molar refractivity (Wildman–Crippen MR) is 232 cm³/mol. The van der Waals surface area contributed by atoms with Gasteiger partial charge in [-0.25, -0.2) is 14.8 Å². The lowest BCUT2D eigenvalue weighted by Crippen LogP contribution is -2.54. The van der Waals surface area contributed by atoms with Crippen molar-refractivity contribution < 1.29 is 38.2 Å². The Balaban J connectivity index is 0.847. The molecule has 4 aromatic rings.